The summed E-state index contributed by atoms with van der Waals surface area (Å²) in [7, 11) is 0. The van der Waals surface area contributed by atoms with Crippen molar-refractivity contribution in [3.8, 4) is 11.6 Å². The molecule has 8 heteroatoms. The number of aromatic hydroxyl groups is 2. The predicted molar refractivity (Wildman–Crippen MR) is 134 cm³/mol. The van der Waals surface area contributed by atoms with E-state index < -0.39 is 29.4 Å². The molecule has 0 amide bonds. The van der Waals surface area contributed by atoms with Crippen LogP contribution < -0.4 is 4.90 Å². The maximum atomic E-state index is 13.7. The molecule has 168 valence electrons. The molecule has 0 saturated carbocycles. The zero-order valence-electron chi connectivity index (χ0n) is 17.7. The van der Waals surface area contributed by atoms with Crippen LogP contribution in [0.2, 0.25) is 0 Å². The van der Waals surface area contributed by atoms with Gasteiger partial charge in [-0.2, -0.15) is 0 Å². The highest BCUT2D eigenvalue weighted by Gasteiger charge is 2.38. The van der Waals surface area contributed by atoms with E-state index in [1.54, 1.807) is 11.0 Å². The predicted octanol–water partition coefficient (Wildman–Crippen LogP) is 5.16. The van der Waals surface area contributed by atoms with E-state index in [-0.39, 0.29) is 21.7 Å². The highest BCUT2D eigenvalue weighted by molar-refractivity contribution is 7.80. The monoisotopic (exact) mass is 471 g/mol. The fourth-order valence-corrected chi connectivity index (χ4v) is 4.31. The first-order chi connectivity index (χ1) is 16.5. The van der Waals surface area contributed by atoms with E-state index in [1.807, 2.05) is 66.7 Å². The summed E-state index contributed by atoms with van der Waals surface area (Å²) in [6.45, 7) is 0. The van der Waals surface area contributed by atoms with Crippen molar-refractivity contribution in [2.24, 2.45) is 4.99 Å². The zero-order valence-corrected chi connectivity index (χ0v) is 18.5. The molecule has 3 aromatic carbocycles. The molecule has 4 aromatic rings. The lowest BCUT2D eigenvalue weighted by Crippen LogP contribution is -2.40. The van der Waals surface area contributed by atoms with Gasteiger partial charge >= 0.3 is 0 Å². The Morgan fingerprint density at radius 2 is 1.68 bits per heavy atom. The highest BCUT2D eigenvalue weighted by atomic mass is 32.1. The number of hydrogen-bond donors (Lipinski definition) is 2. The summed E-state index contributed by atoms with van der Waals surface area (Å²) in [5.74, 6) is -2.56. The molecule has 1 aliphatic heterocycles. The van der Waals surface area contributed by atoms with Gasteiger partial charge in [-0.05, 0) is 48.1 Å². The van der Waals surface area contributed by atoms with Gasteiger partial charge in [0, 0.05) is 11.1 Å². The summed E-state index contributed by atoms with van der Waals surface area (Å²) in [5, 5.41) is 21.1. The summed E-state index contributed by atoms with van der Waals surface area (Å²) in [6, 6.07) is 21.7. The number of nitrogens with zero attached hydrogens (tertiary/aromatic N) is 3. The van der Waals surface area contributed by atoms with Crippen LogP contribution in [-0.2, 0) is 0 Å². The second-order valence-electron chi connectivity index (χ2n) is 7.67. The molecular formula is C26H18FN3O3S. The van der Waals surface area contributed by atoms with E-state index in [2.05, 4.69) is 4.99 Å². The molecule has 0 bridgehead atoms. The molecule has 1 unspecified atom stereocenters. The van der Waals surface area contributed by atoms with Crippen molar-refractivity contribution in [2.45, 2.75) is 6.04 Å². The Kier molecular flexibility index (Phi) is 5.43. The third-order valence-corrected chi connectivity index (χ3v) is 5.87. The Hall–Kier alpha value is -4.30. The number of hydrogen-bond acceptors (Lipinski definition) is 4. The molecule has 34 heavy (non-hydrogen) atoms. The van der Waals surface area contributed by atoms with Crippen LogP contribution in [0.25, 0.3) is 17.0 Å². The number of anilines is 1. The van der Waals surface area contributed by atoms with E-state index in [4.69, 9.17) is 12.2 Å². The van der Waals surface area contributed by atoms with Gasteiger partial charge < -0.3 is 15.1 Å². The first-order valence-electron chi connectivity index (χ1n) is 10.4. The van der Waals surface area contributed by atoms with Crippen molar-refractivity contribution in [3.05, 3.63) is 96.3 Å². The molecule has 1 atom stereocenters. The van der Waals surface area contributed by atoms with E-state index in [0.717, 1.165) is 28.0 Å². The van der Waals surface area contributed by atoms with Crippen molar-refractivity contribution in [1.29, 1.82) is 0 Å². The first-order valence-corrected chi connectivity index (χ1v) is 10.8. The van der Waals surface area contributed by atoms with E-state index >= 15 is 0 Å². The van der Waals surface area contributed by atoms with Gasteiger partial charge in [-0.1, -0.05) is 60.7 Å². The summed E-state index contributed by atoms with van der Waals surface area (Å²) in [6.07, 6.45) is 3.67. The minimum absolute atomic E-state index is 0.0170. The van der Waals surface area contributed by atoms with Gasteiger partial charge in [0.15, 0.2) is 5.75 Å². The summed E-state index contributed by atoms with van der Waals surface area (Å²) >= 11 is 5.51. The standard InChI is InChI=1S/C26H18FN3O3S/c27-17-12-14-20-19(15-17)23(31)25(33)30(20)24(32)22-21(13-11-16-7-3-1-4-8-16)29(26(34)28-22)18-9-5-2-6-10-18/h1-15,21,31,33H/b13-11+. The number of benzene rings is 3. The Morgan fingerprint density at radius 3 is 2.38 bits per heavy atom. The lowest BCUT2D eigenvalue weighted by molar-refractivity contribution is 0.0983. The van der Waals surface area contributed by atoms with Crippen LogP contribution in [0, 0.1) is 5.82 Å². The maximum Gasteiger partial charge on any atom is 0.282 e. The molecule has 0 saturated heterocycles. The SMILES string of the molecule is O=C(C1=NC(=S)N(c2ccccc2)C1/C=C/c1ccccc1)n1c(O)c(O)c2cc(F)ccc21. The topological polar surface area (TPSA) is 78.1 Å². The second-order valence-corrected chi connectivity index (χ2v) is 8.04. The normalized spacial score (nSPS) is 15.9. The third-order valence-electron chi connectivity index (χ3n) is 5.59. The fraction of sp³-hybridized carbons (Fsp3) is 0.0385. The molecule has 0 spiro atoms. The highest BCUT2D eigenvalue weighted by Crippen LogP contribution is 2.38. The average Bonchev–Trinajstić information content (AvgIpc) is 3.31. The molecule has 0 radical (unpaired) electrons. The summed E-state index contributed by atoms with van der Waals surface area (Å²) in [4.78, 5) is 19.8. The zero-order chi connectivity index (χ0) is 23.8. The smallest absolute Gasteiger partial charge is 0.282 e. The number of halogens is 1. The molecule has 1 aromatic heterocycles. The number of thiocarbonyl (C=S) groups is 1. The van der Waals surface area contributed by atoms with E-state index in [0.29, 0.717) is 0 Å². The summed E-state index contributed by atoms with van der Waals surface area (Å²) < 4.78 is 14.6. The van der Waals surface area contributed by atoms with Gasteiger partial charge in [0.25, 0.3) is 5.91 Å². The third kappa shape index (κ3) is 3.64. The van der Waals surface area contributed by atoms with Gasteiger partial charge in [0.1, 0.15) is 17.6 Å². The van der Waals surface area contributed by atoms with E-state index in [9.17, 15) is 19.4 Å². The van der Waals surface area contributed by atoms with Crippen molar-refractivity contribution in [2.75, 3.05) is 4.90 Å². The molecule has 6 nitrogen and oxygen atoms in total. The van der Waals surface area contributed by atoms with Crippen molar-refractivity contribution in [1.82, 2.24) is 4.57 Å². The Labute approximate surface area is 199 Å². The number of carbonyl (C=O) groups excluding carboxylic acids is 1. The Morgan fingerprint density at radius 1 is 1.00 bits per heavy atom. The van der Waals surface area contributed by atoms with Crippen molar-refractivity contribution >= 4 is 51.6 Å². The number of aliphatic imine (C=N–C) groups is 1. The Bertz CT molecular complexity index is 1480. The fourth-order valence-electron chi connectivity index (χ4n) is 4.00. The van der Waals surface area contributed by atoms with Gasteiger partial charge in [0.05, 0.1) is 5.52 Å². The lowest BCUT2D eigenvalue weighted by atomic mass is 10.1. The van der Waals surface area contributed by atoms with Crippen LogP contribution in [0.3, 0.4) is 0 Å². The van der Waals surface area contributed by atoms with E-state index in [1.165, 1.54) is 6.07 Å². The molecule has 0 fully saturated rings. The molecule has 5 rings (SSSR count). The largest absolute Gasteiger partial charge is 0.503 e. The van der Waals surface area contributed by atoms with Crippen LogP contribution in [0.15, 0.2) is 89.9 Å². The number of carbonyl (C=O) groups is 1. The van der Waals surface area contributed by atoms with Gasteiger partial charge in [0.2, 0.25) is 11.0 Å². The first kappa shape index (κ1) is 21.5. The molecule has 0 aliphatic carbocycles. The molecule has 2 N–H and O–H groups in total. The van der Waals surface area contributed by atoms with Crippen LogP contribution in [0.4, 0.5) is 10.1 Å². The van der Waals surface area contributed by atoms with Gasteiger partial charge in [-0.15, -0.1) is 0 Å². The average molecular weight is 472 g/mol. The number of rotatable bonds is 4. The Balaban J connectivity index is 1.62. The number of fused-ring (bicyclic) bond motifs is 1. The number of para-hydroxylation sites is 1. The molecule has 2 heterocycles. The van der Waals surface area contributed by atoms with Gasteiger partial charge in [-0.3, -0.25) is 4.79 Å². The number of aromatic nitrogens is 1. The van der Waals surface area contributed by atoms with Crippen LogP contribution in [-0.4, -0.2) is 37.6 Å². The lowest BCUT2D eigenvalue weighted by Gasteiger charge is -2.24. The van der Waals surface area contributed by atoms with Crippen LogP contribution >= 0.6 is 12.2 Å². The minimum Gasteiger partial charge on any atom is -0.503 e. The van der Waals surface area contributed by atoms with Crippen LogP contribution in [0.1, 0.15) is 10.4 Å². The second kappa shape index (κ2) is 8.57. The maximum absolute atomic E-state index is 13.7. The molecular weight excluding hydrogens is 453 g/mol. The van der Waals surface area contributed by atoms with Crippen LogP contribution in [0.5, 0.6) is 11.6 Å². The van der Waals surface area contributed by atoms with Crippen molar-refractivity contribution < 1.29 is 19.4 Å². The molecule has 1 aliphatic rings. The minimum atomic E-state index is -0.692. The van der Waals surface area contributed by atoms with Gasteiger partial charge in [-0.25, -0.2) is 13.9 Å². The van der Waals surface area contributed by atoms with Crippen molar-refractivity contribution in [3.63, 3.8) is 0 Å². The summed E-state index contributed by atoms with van der Waals surface area (Å²) in [5.41, 5.74) is 1.87. The quantitative estimate of drug-likeness (QED) is 0.402.